The van der Waals surface area contributed by atoms with Gasteiger partial charge in [-0.3, -0.25) is 0 Å². The Balaban J connectivity index is 2.19. The number of sulfonamides is 1. The van der Waals surface area contributed by atoms with Crippen LogP contribution in [0.15, 0.2) is 34.7 Å². The average Bonchev–Trinajstić information content (AvgIpc) is 3.05. The Morgan fingerprint density at radius 3 is 2.80 bits per heavy atom. The fourth-order valence-corrected chi connectivity index (χ4v) is 3.23. The maximum Gasteiger partial charge on any atom is 0.322 e. The molecule has 0 bridgehead atoms. The zero-order valence-corrected chi connectivity index (χ0v) is 15.6. The molecule has 1 aromatic heterocycles. The number of hydrogen-bond donors (Lipinski definition) is 2. The van der Waals surface area contributed by atoms with Crippen molar-refractivity contribution in [1.82, 2.24) is 9.88 Å². The SMILES string of the molecule is COCCN(Cc1nccs1)C(=O)Nc1cc(S(N)(=O)=O)ccc1C. The average molecular weight is 384 g/mol. The molecule has 25 heavy (non-hydrogen) atoms. The second-order valence-corrected chi connectivity index (χ2v) is 7.83. The van der Waals surface area contributed by atoms with Gasteiger partial charge in [-0.05, 0) is 24.6 Å². The molecule has 0 saturated carbocycles. The van der Waals surface area contributed by atoms with Crippen LogP contribution in [0.4, 0.5) is 10.5 Å². The van der Waals surface area contributed by atoms with Crippen LogP contribution in [0.1, 0.15) is 10.6 Å². The maximum atomic E-state index is 12.6. The van der Waals surface area contributed by atoms with E-state index in [1.165, 1.54) is 23.5 Å². The van der Waals surface area contributed by atoms with E-state index in [1.807, 2.05) is 5.38 Å². The first-order chi connectivity index (χ1) is 11.8. The zero-order valence-electron chi connectivity index (χ0n) is 13.9. The largest absolute Gasteiger partial charge is 0.383 e. The number of carbonyl (C=O) groups excluding carboxylic acids is 1. The molecule has 8 nitrogen and oxygen atoms in total. The van der Waals surface area contributed by atoms with Crippen molar-refractivity contribution in [1.29, 1.82) is 0 Å². The molecular weight excluding hydrogens is 364 g/mol. The number of methoxy groups -OCH3 is 1. The summed E-state index contributed by atoms with van der Waals surface area (Å²) in [5, 5.41) is 10.5. The maximum absolute atomic E-state index is 12.6. The normalized spacial score (nSPS) is 11.3. The number of carbonyl (C=O) groups is 1. The monoisotopic (exact) mass is 384 g/mol. The number of nitrogens with two attached hydrogens (primary N) is 1. The lowest BCUT2D eigenvalue weighted by Gasteiger charge is -2.22. The number of primary sulfonamides is 1. The summed E-state index contributed by atoms with van der Waals surface area (Å²) in [7, 11) is -2.29. The lowest BCUT2D eigenvalue weighted by atomic mass is 10.2. The molecule has 0 radical (unpaired) electrons. The molecule has 3 N–H and O–H groups in total. The van der Waals surface area contributed by atoms with Crippen molar-refractivity contribution in [2.24, 2.45) is 5.14 Å². The predicted octanol–water partition coefficient (Wildman–Crippen LogP) is 1.78. The van der Waals surface area contributed by atoms with Gasteiger partial charge in [0, 0.05) is 30.9 Å². The number of anilines is 1. The third-order valence-electron chi connectivity index (χ3n) is 3.44. The Hall–Kier alpha value is -2.01. The molecule has 2 rings (SSSR count). The Bertz CT molecular complexity index is 822. The molecule has 136 valence electrons. The molecule has 0 atom stereocenters. The number of thiazole rings is 1. The summed E-state index contributed by atoms with van der Waals surface area (Å²) >= 11 is 1.45. The van der Waals surface area contributed by atoms with Gasteiger partial charge in [0.15, 0.2) is 0 Å². The molecule has 2 amide bonds. The molecule has 10 heteroatoms. The fourth-order valence-electron chi connectivity index (χ4n) is 2.06. The summed E-state index contributed by atoms with van der Waals surface area (Å²) in [4.78, 5) is 18.3. The molecule has 0 fully saturated rings. The number of benzene rings is 1. The summed E-state index contributed by atoms with van der Waals surface area (Å²) in [6.07, 6.45) is 1.67. The molecule has 0 aliphatic heterocycles. The van der Waals surface area contributed by atoms with E-state index in [2.05, 4.69) is 10.3 Å². The van der Waals surface area contributed by atoms with Crippen LogP contribution in [-0.2, 0) is 21.3 Å². The number of amides is 2. The van der Waals surface area contributed by atoms with E-state index < -0.39 is 10.0 Å². The number of aryl methyl sites for hydroxylation is 1. The van der Waals surface area contributed by atoms with Gasteiger partial charge < -0.3 is 15.0 Å². The lowest BCUT2D eigenvalue weighted by molar-refractivity contribution is 0.152. The topological polar surface area (TPSA) is 115 Å². The minimum absolute atomic E-state index is 0.0586. The minimum Gasteiger partial charge on any atom is -0.383 e. The minimum atomic E-state index is -3.85. The molecule has 1 heterocycles. The summed E-state index contributed by atoms with van der Waals surface area (Å²) in [6.45, 7) is 2.84. The first kappa shape index (κ1) is 19.3. The Kier molecular flexibility index (Phi) is 6.48. The number of aromatic nitrogens is 1. The van der Waals surface area contributed by atoms with E-state index in [9.17, 15) is 13.2 Å². The zero-order chi connectivity index (χ0) is 18.4. The summed E-state index contributed by atoms with van der Waals surface area (Å²) in [5.74, 6) is 0. The van der Waals surface area contributed by atoms with E-state index in [1.54, 1.807) is 31.2 Å². The van der Waals surface area contributed by atoms with Gasteiger partial charge in [-0.15, -0.1) is 11.3 Å². The summed E-state index contributed by atoms with van der Waals surface area (Å²) in [5.41, 5.74) is 1.11. The van der Waals surface area contributed by atoms with Crippen LogP contribution >= 0.6 is 11.3 Å². The number of nitrogens with one attached hydrogen (secondary N) is 1. The van der Waals surface area contributed by atoms with Crippen LogP contribution in [0.25, 0.3) is 0 Å². The van der Waals surface area contributed by atoms with E-state index in [0.717, 1.165) is 10.6 Å². The van der Waals surface area contributed by atoms with Crippen LogP contribution in [0.5, 0.6) is 0 Å². The van der Waals surface area contributed by atoms with Crippen LogP contribution in [0, 0.1) is 6.92 Å². The highest BCUT2D eigenvalue weighted by molar-refractivity contribution is 7.89. The third-order valence-corrected chi connectivity index (χ3v) is 5.12. The molecule has 0 aliphatic rings. The second kappa shape index (κ2) is 8.39. The highest BCUT2D eigenvalue weighted by Crippen LogP contribution is 2.20. The van der Waals surface area contributed by atoms with Crippen LogP contribution < -0.4 is 10.5 Å². The number of ether oxygens (including phenoxy) is 1. The van der Waals surface area contributed by atoms with Gasteiger partial charge in [-0.1, -0.05) is 6.07 Å². The molecule has 0 unspecified atom stereocenters. The van der Waals surface area contributed by atoms with Crippen molar-refractivity contribution in [2.45, 2.75) is 18.4 Å². The molecule has 2 aromatic rings. The van der Waals surface area contributed by atoms with Crippen molar-refractivity contribution in [2.75, 3.05) is 25.6 Å². The van der Waals surface area contributed by atoms with Crippen molar-refractivity contribution in [3.63, 3.8) is 0 Å². The highest BCUT2D eigenvalue weighted by atomic mass is 32.2. The number of hydrogen-bond acceptors (Lipinski definition) is 6. The van der Waals surface area contributed by atoms with E-state index in [-0.39, 0.29) is 10.9 Å². The first-order valence-corrected chi connectivity index (χ1v) is 9.80. The molecule has 0 aliphatic carbocycles. The van der Waals surface area contributed by atoms with Crippen LogP contribution in [0.2, 0.25) is 0 Å². The van der Waals surface area contributed by atoms with Gasteiger partial charge in [-0.2, -0.15) is 0 Å². The standard InChI is InChI=1S/C15H20N4O4S2/c1-11-3-4-12(25(16,21)22)9-13(11)18-15(20)19(6-7-23-2)10-14-17-5-8-24-14/h3-5,8-9H,6-7,10H2,1-2H3,(H,18,20)(H2,16,21,22). The van der Waals surface area contributed by atoms with Crippen molar-refractivity contribution >= 4 is 33.1 Å². The number of rotatable bonds is 7. The second-order valence-electron chi connectivity index (χ2n) is 5.29. The Morgan fingerprint density at radius 2 is 2.20 bits per heavy atom. The quantitative estimate of drug-likeness (QED) is 0.755. The van der Waals surface area contributed by atoms with Gasteiger partial charge in [0.1, 0.15) is 5.01 Å². The van der Waals surface area contributed by atoms with E-state index in [0.29, 0.717) is 25.4 Å². The molecule has 0 spiro atoms. The fraction of sp³-hybridized carbons (Fsp3) is 0.333. The number of urea groups is 1. The third kappa shape index (κ3) is 5.49. The van der Waals surface area contributed by atoms with Gasteiger partial charge in [0.25, 0.3) is 0 Å². The highest BCUT2D eigenvalue weighted by Gasteiger charge is 2.17. The Labute approximate surface area is 150 Å². The molecular formula is C15H20N4O4S2. The Morgan fingerprint density at radius 1 is 1.44 bits per heavy atom. The first-order valence-electron chi connectivity index (χ1n) is 7.38. The van der Waals surface area contributed by atoms with Gasteiger partial charge in [0.2, 0.25) is 10.0 Å². The van der Waals surface area contributed by atoms with E-state index >= 15 is 0 Å². The summed E-state index contributed by atoms with van der Waals surface area (Å²) in [6, 6.07) is 3.97. The smallest absolute Gasteiger partial charge is 0.322 e. The van der Waals surface area contributed by atoms with Gasteiger partial charge in [0.05, 0.1) is 18.0 Å². The molecule has 1 aromatic carbocycles. The molecule has 0 saturated heterocycles. The van der Waals surface area contributed by atoms with Crippen molar-refractivity contribution in [3.8, 4) is 0 Å². The van der Waals surface area contributed by atoms with Crippen molar-refractivity contribution < 1.29 is 17.9 Å². The van der Waals surface area contributed by atoms with Gasteiger partial charge in [-0.25, -0.2) is 23.3 Å². The lowest BCUT2D eigenvalue weighted by Crippen LogP contribution is -2.37. The van der Waals surface area contributed by atoms with E-state index in [4.69, 9.17) is 9.88 Å². The number of nitrogens with zero attached hydrogens (tertiary/aromatic N) is 2. The summed E-state index contributed by atoms with van der Waals surface area (Å²) < 4.78 is 28.0. The van der Waals surface area contributed by atoms with Crippen LogP contribution in [0.3, 0.4) is 0 Å². The predicted molar refractivity (Wildman–Crippen MR) is 96.0 cm³/mol. The van der Waals surface area contributed by atoms with Crippen molar-refractivity contribution in [3.05, 3.63) is 40.3 Å². The van der Waals surface area contributed by atoms with Gasteiger partial charge >= 0.3 is 6.03 Å². The van der Waals surface area contributed by atoms with Crippen LogP contribution in [-0.4, -0.2) is 44.6 Å².